The fraction of sp³-hybridized carbons (Fsp3) is 1.00. The molecule has 0 amide bonds. The van der Waals surface area contributed by atoms with Crippen molar-refractivity contribution in [2.45, 2.75) is 12.5 Å². The number of halogens is 2. The largest absolute Gasteiger partial charge is 0.316 e. The van der Waals surface area contributed by atoms with Crippen LogP contribution in [0.4, 0.5) is 0 Å². The third kappa shape index (κ3) is 3.62. The van der Waals surface area contributed by atoms with E-state index in [2.05, 4.69) is 17.3 Å². The van der Waals surface area contributed by atoms with Crippen LogP contribution in [-0.4, -0.2) is 38.1 Å². The number of nitrogens with zero attached hydrogens (tertiary/aromatic N) is 1. The molecule has 1 saturated heterocycles. The van der Waals surface area contributed by atoms with Crippen LogP contribution in [0, 0.1) is 0 Å². The lowest BCUT2D eigenvalue weighted by Gasteiger charge is -2.07. The lowest BCUT2D eigenvalue weighted by molar-refractivity contribution is 0.403. The Balaban J connectivity index is 0. The Labute approximate surface area is 75.2 Å². The summed E-state index contributed by atoms with van der Waals surface area (Å²) in [5.41, 5.74) is 0. The van der Waals surface area contributed by atoms with Crippen molar-refractivity contribution in [1.82, 2.24) is 10.2 Å². The summed E-state index contributed by atoms with van der Waals surface area (Å²) in [6.07, 6.45) is 1.31. The molecule has 0 aromatic rings. The summed E-state index contributed by atoms with van der Waals surface area (Å²) < 4.78 is 0. The standard InChI is InChI=1S/C6H14N2.2ClH/c1-7-6-3-4-8(2)5-6;;/h6-7H,3-5H2,1-2H3;2*1H/t6-;;/m1../s1. The van der Waals surface area contributed by atoms with Crippen LogP contribution >= 0.6 is 24.8 Å². The molecule has 0 aromatic heterocycles. The number of rotatable bonds is 1. The Bertz CT molecular complexity index is 80.1. The van der Waals surface area contributed by atoms with Crippen LogP contribution in [-0.2, 0) is 0 Å². The molecule has 1 rings (SSSR count). The second-order valence-corrected chi connectivity index (χ2v) is 2.54. The van der Waals surface area contributed by atoms with Crippen LogP contribution in [0.25, 0.3) is 0 Å². The van der Waals surface area contributed by atoms with E-state index in [0.717, 1.165) is 6.04 Å². The Morgan fingerprint density at radius 1 is 1.40 bits per heavy atom. The molecular weight excluding hydrogens is 171 g/mol. The Kier molecular flexibility index (Phi) is 8.17. The highest BCUT2D eigenvalue weighted by Gasteiger charge is 2.16. The van der Waals surface area contributed by atoms with Gasteiger partial charge in [0.25, 0.3) is 0 Å². The first-order valence-corrected chi connectivity index (χ1v) is 3.18. The molecule has 0 radical (unpaired) electrons. The van der Waals surface area contributed by atoms with Gasteiger partial charge >= 0.3 is 0 Å². The zero-order chi connectivity index (χ0) is 5.98. The number of hydrogen-bond acceptors (Lipinski definition) is 2. The van der Waals surface area contributed by atoms with E-state index in [9.17, 15) is 0 Å². The minimum atomic E-state index is 0. The maximum Gasteiger partial charge on any atom is 0.0204 e. The van der Waals surface area contributed by atoms with E-state index < -0.39 is 0 Å². The number of hydrogen-bond donors (Lipinski definition) is 1. The predicted molar refractivity (Wildman–Crippen MR) is 49.5 cm³/mol. The van der Waals surface area contributed by atoms with Gasteiger partial charge in [0.1, 0.15) is 0 Å². The van der Waals surface area contributed by atoms with Crippen LogP contribution in [0.15, 0.2) is 0 Å². The van der Waals surface area contributed by atoms with Gasteiger partial charge in [-0.3, -0.25) is 0 Å². The fourth-order valence-electron chi connectivity index (χ4n) is 1.17. The van der Waals surface area contributed by atoms with Crippen molar-refractivity contribution >= 4 is 24.8 Å². The summed E-state index contributed by atoms with van der Waals surface area (Å²) in [4.78, 5) is 2.35. The molecule has 2 nitrogen and oxygen atoms in total. The van der Waals surface area contributed by atoms with E-state index in [1.54, 1.807) is 0 Å². The molecular formula is C6H16Cl2N2. The van der Waals surface area contributed by atoms with Crippen LogP contribution in [0.2, 0.25) is 0 Å². The van der Waals surface area contributed by atoms with Crippen molar-refractivity contribution in [1.29, 1.82) is 0 Å². The molecule has 0 aromatic carbocycles. The van der Waals surface area contributed by atoms with Crippen molar-refractivity contribution in [3.63, 3.8) is 0 Å². The van der Waals surface area contributed by atoms with Crippen molar-refractivity contribution in [2.24, 2.45) is 0 Å². The SMILES string of the molecule is CN[C@@H]1CCN(C)C1.Cl.Cl. The van der Waals surface area contributed by atoms with E-state index in [-0.39, 0.29) is 24.8 Å². The molecule has 0 spiro atoms. The normalized spacial score (nSPS) is 25.2. The third-order valence-corrected chi connectivity index (χ3v) is 1.80. The maximum absolute atomic E-state index is 3.25. The lowest BCUT2D eigenvalue weighted by atomic mass is 10.3. The molecule has 64 valence electrons. The molecule has 0 saturated carbocycles. The summed E-state index contributed by atoms with van der Waals surface area (Å²) in [5, 5.41) is 3.25. The smallest absolute Gasteiger partial charge is 0.0204 e. The van der Waals surface area contributed by atoms with Gasteiger partial charge in [0.2, 0.25) is 0 Å². The molecule has 0 bridgehead atoms. The molecule has 1 N–H and O–H groups in total. The maximum atomic E-state index is 3.25. The average molecular weight is 187 g/mol. The minimum Gasteiger partial charge on any atom is -0.316 e. The van der Waals surface area contributed by atoms with Crippen molar-refractivity contribution in [2.75, 3.05) is 27.2 Å². The van der Waals surface area contributed by atoms with Gasteiger partial charge in [-0.1, -0.05) is 0 Å². The first-order valence-electron chi connectivity index (χ1n) is 3.18. The monoisotopic (exact) mass is 186 g/mol. The molecule has 10 heavy (non-hydrogen) atoms. The van der Waals surface area contributed by atoms with Crippen LogP contribution < -0.4 is 5.32 Å². The van der Waals surface area contributed by atoms with Crippen LogP contribution in [0.5, 0.6) is 0 Å². The molecule has 0 unspecified atom stereocenters. The molecule has 1 atom stereocenters. The summed E-state index contributed by atoms with van der Waals surface area (Å²) >= 11 is 0. The quantitative estimate of drug-likeness (QED) is 0.651. The number of nitrogens with one attached hydrogen (secondary N) is 1. The van der Waals surface area contributed by atoms with Gasteiger partial charge in [0.15, 0.2) is 0 Å². The van der Waals surface area contributed by atoms with E-state index in [4.69, 9.17) is 0 Å². The van der Waals surface area contributed by atoms with Gasteiger partial charge in [-0.25, -0.2) is 0 Å². The zero-order valence-electron chi connectivity index (χ0n) is 6.46. The Hall–Kier alpha value is 0.500. The first-order chi connectivity index (χ1) is 3.83. The molecule has 1 heterocycles. The number of likely N-dealkylation sites (N-methyl/N-ethyl adjacent to an activating group) is 2. The lowest BCUT2D eigenvalue weighted by Crippen LogP contribution is -2.27. The Morgan fingerprint density at radius 3 is 2.20 bits per heavy atom. The average Bonchev–Trinajstić information content (AvgIpc) is 2.14. The van der Waals surface area contributed by atoms with Gasteiger partial charge in [0.05, 0.1) is 0 Å². The van der Waals surface area contributed by atoms with Gasteiger partial charge in [0, 0.05) is 12.6 Å². The molecule has 4 heteroatoms. The zero-order valence-corrected chi connectivity index (χ0v) is 8.10. The molecule has 1 aliphatic rings. The van der Waals surface area contributed by atoms with E-state index in [1.807, 2.05) is 7.05 Å². The highest BCUT2D eigenvalue weighted by molar-refractivity contribution is 5.85. The highest BCUT2D eigenvalue weighted by atomic mass is 35.5. The van der Waals surface area contributed by atoms with Crippen molar-refractivity contribution in [3.8, 4) is 0 Å². The fourth-order valence-corrected chi connectivity index (χ4v) is 1.17. The summed E-state index contributed by atoms with van der Waals surface area (Å²) in [6, 6.07) is 0.750. The third-order valence-electron chi connectivity index (χ3n) is 1.80. The van der Waals surface area contributed by atoms with Crippen LogP contribution in [0.1, 0.15) is 6.42 Å². The number of likely N-dealkylation sites (tertiary alicyclic amines) is 1. The second kappa shape index (κ2) is 6.23. The van der Waals surface area contributed by atoms with Gasteiger partial charge in [-0.05, 0) is 27.1 Å². The first kappa shape index (κ1) is 13.1. The Morgan fingerprint density at radius 2 is 2.00 bits per heavy atom. The van der Waals surface area contributed by atoms with E-state index in [1.165, 1.54) is 19.5 Å². The highest BCUT2D eigenvalue weighted by Crippen LogP contribution is 2.04. The molecule has 1 aliphatic heterocycles. The van der Waals surface area contributed by atoms with Crippen LogP contribution in [0.3, 0.4) is 0 Å². The molecule has 0 aliphatic carbocycles. The summed E-state index contributed by atoms with van der Waals surface area (Å²) in [7, 11) is 4.20. The minimum absolute atomic E-state index is 0. The van der Waals surface area contributed by atoms with Gasteiger partial charge < -0.3 is 10.2 Å². The van der Waals surface area contributed by atoms with E-state index in [0.29, 0.717) is 0 Å². The van der Waals surface area contributed by atoms with Crippen molar-refractivity contribution < 1.29 is 0 Å². The second-order valence-electron chi connectivity index (χ2n) is 2.54. The molecule has 1 fully saturated rings. The van der Waals surface area contributed by atoms with Gasteiger partial charge in [-0.15, -0.1) is 24.8 Å². The van der Waals surface area contributed by atoms with E-state index >= 15 is 0 Å². The predicted octanol–water partition coefficient (Wildman–Crippen LogP) is 0.753. The summed E-state index contributed by atoms with van der Waals surface area (Å²) in [5.74, 6) is 0. The van der Waals surface area contributed by atoms with Crippen molar-refractivity contribution in [3.05, 3.63) is 0 Å². The van der Waals surface area contributed by atoms with Gasteiger partial charge in [-0.2, -0.15) is 0 Å². The summed E-state index contributed by atoms with van der Waals surface area (Å²) in [6.45, 7) is 2.47. The topological polar surface area (TPSA) is 15.3 Å².